The molecule has 1 unspecified atom stereocenters. The van der Waals surface area contributed by atoms with E-state index in [1.165, 1.54) is 12.4 Å². The van der Waals surface area contributed by atoms with Gasteiger partial charge in [-0.3, -0.25) is 4.79 Å². The van der Waals surface area contributed by atoms with Crippen LogP contribution in [0.4, 0.5) is 0 Å². The zero-order valence-electron chi connectivity index (χ0n) is 12.5. The first kappa shape index (κ1) is 16.3. The Hall–Kier alpha value is -2.11. The first-order valence-electron chi connectivity index (χ1n) is 6.87. The maximum atomic E-state index is 12.1. The van der Waals surface area contributed by atoms with Crippen LogP contribution in [0.1, 0.15) is 22.0 Å². The third kappa shape index (κ3) is 3.96. The van der Waals surface area contributed by atoms with Crippen molar-refractivity contribution in [3.8, 4) is 0 Å². The molecule has 1 atom stereocenters. The van der Waals surface area contributed by atoms with Gasteiger partial charge in [0.1, 0.15) is 5.56 Å². The maximum Gasteiger partial charge on any atom is 0.257 e. The zero-order chi connectivity index (χ0) is 16.1. The van der Waals surface area contributed by atoms with Crippen LogP contribution in [0, 0.1) is 5.21 Å². The Bertz CT molecular complexity index is 661. The number of carbonyl (C=O) groups excluding carboxylic acids is 1. The van der Waals surface area contributed by atoms with Gasteiger partial charge in [0, 0.05) is 17.6 Å². The third-order valence-electron chi connectivity index (χ3n) is 3.38. The van der Waals surface area contributed by atoms with Crippen molar-refractivity contribution in [1.82, 2.24) is 10.2 Å². The van der Waals surface area contributed by atoms with Crippen molar-refractivity contribution in [2.75, 3.05) is 20.6 Å². The number of amides is 1. The fourth-order valence-electron chi connectivity index (χ4n) is 2.20. The minimum atomic E-state index is -0.288. The summed E-state index contributed by atoms with van der Waals surface area (Å²) in [6.45, 7) is 0.392. The molecule has 2 aromatic rings. The first-order valence-corrected chi connectivity index (χ1v) is 7.24. The molecule has 0 aliphatic rings. The summed E-state index contributed by atoms with van der Waals surface area (Å²) in [7, 11) is 3.85. The summed E-state index contributed by atoms with van der Waals surface area (Å²) >= 11 is 6.23. The van der Waals surface area contributed by atoms with Crippen LogP contribution in [0.2, 0.25) is 5.02 Å². The second-order valence-corrected chi connectivity index (χ2v) is 5.57. The third-order valence-corrected chi connectivity index (χ3v) is 3.73. The average molecular weight is 320 g/mol. The van der Waals surface area contributed by atoms with Crippen LogP contribution >= 0.6 is 11.6 Å². The van der Waals surface area contributed by atoms with E-state index < -0.39 is 0 Å². The van der Waals surface area contributed by atoms with E-state index in [4.69, 9.17) is 11.6 Å². The Morgan fingerprint density at radius 1 is 1.32 bits per heavy atom. The zero-order valence-corrected chi connectivity index (χ0v) is 13.2. The molecule has 0 saturated heterocycles. The van der Waals surface area contributed by atoms with Gasteiger partial charge in [-0.25, -0.2) is 0 Å². The monoisotopic (exact) mass is 319 g/mol. The van der Waals surface area contributed by atoms with Crippen LogP contribution in [-0.4, -0.2) is 31.4 Å². The molecule has 6 heteroatoms. The fourth-order valence-corrected chi connectivity index (χ4v) is 2.46. The van der Waals surface area contributed by atoms with Crippen LogP contribution in [0.25, 0.3) is 0 Å². The molecule has 1 heterocycles. The van der Waals surface area contributed by atoms with Gasteiger partial charge in [0.25, 0.3) is 5.91 Å². The number of pyridine rings is 1. The molecule has 22 heavy (non-hydrogen) atoms. The number of carbonyl (C=O) groups is 1. The van der Waals surface area contributed by atoms with E-state index in [1.807, 2.05) is 43.3 Å². The van der Waals surface area contributed by atoms with Gasteiger partial charge in [-0.1, -0.05) is 29.8 Å². The molecule has 0 bridgehead atoms. The summed E-state index contributed by atoms with van der Waals surface area (Å²) in [5.41, 5.74) is 1.27. The maximum absolute atomic E-state index is 12.1. The molecule has 0 saturated carbocycles. The highest BCUT2D eigenvalue weighted by atomic mass is 35.5. The Balaban J connectivity index is 2.10. The van der Waals surface area contributed by atoms with Crippen molar-refractivity contribution in [3.63, 3.8) is 0 Å². The van der Waals surface area contributed by atoms with Gasteiger partial charge in [0.2, 0.25) is 0 Å². The summed E-state index contributed by atoms with van der Waals surface area (Å²) < 4.78 is 0.604. The van der Waals surface area contributed by atoms with Crippen LogP contribution in [0.15, 0.2) is 48.8 Å². The van der Waals surface area contributed by atoms with E-state index in [0.717, 1.165) is 5.56 Å². The standard InChI is InChI=1S/C16H18ClN3O2/c1-19(2)15(13-7-3-4-8-14(13)17)10-18-16(21)12-6-5-9-20(22)11-12/h3-9,11,15H,10H2,1-2H3,(H,18,21). The second-order valence-electron chi connectivity index (χ2n) is 5.16. The van der Waals surface area contributed by atoms with Crippen LogP contribution in [-0.2, 0) is 0 Å². The van der Waals surface area contributed by atoms with Gasteiger partial charge in [0.15, 0.2) is 12.4 Å². The highest BCUT2D eigenvalue weighted by Gasteiger charge is 2.18. The molecule has 116 valence electrons. The molecular weight excluding hydrogens is 302 g/mol. The first-order chi connectivity index (χ1) is 10.5. The summed E-state index contributed by atoms with van der Waals surface area (Å²) in [4.78, 5) is 14.1. The van der Waals surface area contributed by atoms with Gasteiger partial charge in [0.05, 0.1) is 6.04 Å². The molecule has 0 radical (unpaired) electrons. The molecule has 0 aliphatic carbocycles. The van der Waals surface area contributed by atoms with Crippen LogP contribution in [0.3, 0.4) is 0 Å². The number of nitrogens with one attached hydrogen (secondary N) is 1. The van der Waals surface area contributed by atoms with Crippen molar-refractivity contribution < 1.29 is 9.52 Å². The van der Waals surface area contributed by atoms with E-state index in [9.17, 15) is 10.0 Å². The minimum Gasteiger partial charge on any atom is -0.619 e. The number of nitrogens with zero attached hydrogens (tertiary/aromatic N) is 2. The van der Waals surface area contributed by atoms with Crippen molar-refractivity contribution in [3.05, 3.63) is 70.1 Å². The smallest absolute Gasteiger partial charge is 0.257 e. The number of halogens is 1. The lowest BCUT2D eigenvalue weighted by atomic mass is 10.1. The van der Waals surface area contributed by atoms with E-state index >= 15 is 0 Å². The molecule has 0 spiro atoms. The topological polar surface area (TPSA) is 59.3 Å². The number of likely N-dealkylation sites (N-methyl/N-ethyl adjacent to an activating group) is 1. The predicted molar refractivity (Wildman–Crippen MR) is 85.6 cm³/mol. The lowest BCUT2D eigenvalue weighted by molar-refractivity contribution is -0.605. The second kappa shape index (κ2) is 7.24. The number of hydrogen-bond acceptors (Lipinski definition) is 3. The molecule has 2 rings (SSSR count). The number of benzene rings is 1. The van der Waals surface area contributed by atoms with E-state index in [1.54, 1.807) is 12.1 Å². The predicted octanol–water partition coefficient (Wildman–Crippen LogP) is 2.01. The summed E-state index contributed by atoms with van der Waals surface area (Å²) in [6.07, 6.45) is 2.58. The lowest BCUT2D eigenvalue weighted by Gasteiger charge is -2.25. The minimum absolute atomic E-state index is 0.0549. The summed E-state index contributed by atoms with van der Waals surface area (Å²) in [5, 5.41) is 14.7. The Labute approximate surface area is 134 Å². The summed E-state index contributed by atoms with van der Waals surface area (Å²) in [5.74, 6) is -0.288. The number of rotatable bonds is 5. The van der Waals surface area contributed by atoms with Crippen molar-refractivity contribution in [1.29, 1.82) is 0 Å². The Morgan fingerprint density at radius 2 is 2.05 bits per heavy atom. The average Bonchev–Trinajstić information content (AvgIpc) is 2.48. The number of aromatic nitrogens is 1. The van der Waals surface area contributed by atoms with Gasteiger partial charge in [-0.15, -0.1) is 0 Å². The van der Waals surface area contributed by atoms with Crippen molar-refractivity contribution in [2.24, 2.45) is 0 Å². The van der Waals surface area contributed by atoms with Crippen molar-refractivity contribution >= 4 is 17.5 Å². The molecule has 1 aromatic carbocycles. The van der Waals surface area contributed by atoms with Gasteiger partial charge in [-0.2, -0.15) is 4.73 Å². The lowest BCUT2D eigenvalue weighted by Crippen LogP contribution is -2.36. The van der Waals surface area contributed by atoms with Crippen LogP contribution in [0.5, 0.6) is 0 Å². The molecular formula is C16H18ClN3O2. The van der Waals surface area contributed by atoms with Gasteiger partial charge >= 0.3 is 0 Å². The van der Waals surface area contributed by atoms with Crippen LogP contribution < -0.4 is 10.0 Å². The molecule has 1 N–H and O–H groups in total. The summed E-state index contributed by atoms with van der Waals surface area (Å²) in [6, 6.07) is 10.6. The van der Waals surface area contributed by atoms with Gasteiger partial charge in [-0.05, 0) is 31.8 Å². The molecule has 0 aliphatic heterocycles. The SMILES string of the molecule is CN(C)C(CNC(=O)c1ccc[n+]([O-])c1)c1ccccc1Cl. The van der Waals surface area contributed by atoms with E-state index in [-0.39, 0.29) is 11.9 Å². The highest BCUT2D eigenvalue weighted by molar-refractivity contribution is 6.31. The molecule has 1 aromatic heterocycles. The van der Waals surface area contributed by atoms with Gasteiger partial charge < -0.3 is 15.4 Å². The Morgan fingerprint density at radius 3 is 2.68 bits per heavy atom. The fraction of sp³-hybridized carbons (Fsp3) is 0.250. The van der Waals surface area contributed by atoms with E-state index in [0.29, 0.717) is 21.9 Å². The quantitative estimate of drug-likeness (QED) is 0.677. The number of hydrogen-bond donors (Lipinski definition) is 1. The van der Waals surface area contributed by atoms with Crippen molar-refractivity contribution in [2.45, 2.75) is 6.04 Å². The normalized spacial score (nSPS) is 12.2. The largest absolute Gasteiger partial charge is 0.619 e. The highest BCUT2D eigenvalue weighted by Crippen LogP contribution is 2.25. The Kier molecular flexibility index (Phi) is 5.35. The van der Waals surface area contributed by atoms with E-state index in [2.05, 4.69) is 5.32 Å². The molecule has 1 amide bonds. The molecule has 0 fully saturated rings. The molecule has 5 nitrogen and oxygen atoms in total.